The van der Waals surface area contributed by atoms with Crippen molar-refractivity contribution in [1.29, 1.82) is 0 Å². The molecule has 3 rings (SSSR count). The lowest BCUT2D eigenvalue weighted by Crippen LogP contribution is -2.29. The van der Waals surface area contributed by atoms with Gasteiger partial charge in [0.25, 0.3) is 0 Å². The lowest BCUT2D eigenvalue weighted by molar-refractivity contribution is 0.0694. The van der Waals surface area contributed by atoms with E-state index in [1.165, 1.54) is 19.3 Å². The third kappa shape index (κ3) is 2.43. The molecule has 1 aliphatic carbocycles. The minimum atomic E-state index is -0.915. The monoisotopic (exact) mass is 273 g/mol. The second-order valence-corrected chi connectivity index (χ2v) is 5.70. The predicted octanol–water partition coefficient (Wildman–Crippen LogP) is 3.36. The standard InChI is InChI=1S/C16H19NO3/c1-17(9-11-5-4-6-11)10-14-15(16(18)19)12-7-2-3-8-13(12)20-14/h2-3,7-8,11H,4-6,9-10H2,1H3,(H,18,19). The van der Waals surface area contributed by atoms with Gasteiger partial charge in [-0.1, -0.05) is 24.6 Å². The molecule has 20 heavy (non-hydrogen) atoms. The van der Waals surface area contributed by atoms with Gasteiger partial charge in [0, 0.05) is 11.9 Å². The van der Waals surface area contributed by atoms with Crippen molar-refractivity contribution in [2.75, 3.05) is 13.6 Å². The second-order valence-electron chi connectivity index (χ2n) is 5.70. The van der Waals surface area contributed by atoms with E-state index in [1.54, 1.807) is 6.07 Å². The number of carboxylic acid groups (broad SMARTS) is 1. The van der Waals surface area contributed by atoms with Crippen molar-refractivity contribution in [3.63, 3.8) is 0 Å². The quantitative estimate of drug-likeness (QED) is 0.907. The van der Waals surface area contributed by atoms with Crippen LogP contribution in [-0.4, -0.2) is 29.6 Å². The number of rotatable bonds is 5. The van der Waals surface area contributed by atoms with Crippen molar-refractivity contribution in [2.24, 2.45) is 5.92 Å². The minimum Gasteiger partial charge on any atom is -0.478 e. The van der Waals surface area contributed by atoms with E-state index in [0.29, 0.717) is 28.8 Å². The molecule has 1 N–H and O–H groups in total. The van der Waals surface area contributed by atoms with Gasteiger partial charge in [0.2, 0.25) is 0 Å². The summed E-state index contributed by atoms with van der Waals surface area (Å²) in [6, 6.07) is 7.32. The summed E-state index contributed by atoms with van der Waals surface area (Å²) in [7, 11) is 2.02. The molecule has 2 aromatic rings. The Labute approximate surface area is 118 Å². The fourth-order valence-electron chi connectivity index (χ4n) is 2.87. The molecule has 1 aromatic carbocycles. The van der Waals surface area contributed by atoms with Crippen molar-refractivity contribution in [2.45, 2.75) is 25.8 Å². The molecule has 1 heterocycles. The van der Waals surface area contributed by atoms with Gasteiger partial charge in [-0.15, -0.1) is 0 Å². The van der Waals surface area contributed by atoms with Crippen LogP contribution in [0, 0.1) is 5.92 Å². The number of nitrogens with zero attached hydrogens (tertiary/aromatic N) is 1. The van der Waals surface area contributed by atoms with Crippen LogP contribution >= 0.6 is 0 Å². The molecule has 0 aliphatic heterocycles. The van der Waals surface area contributed by atoms with E-state index in [-0.39, 0.29) is 0 Å². The Morgan fingerprint density at radius 1 is 1.40 bits per heavy atom. The Balaban J connectivity index is 1.85. The molecule has 0 bridgehead atoms. The summed E-state index contributed by atoms with van der Waals surface area (Å²) in [5, 5.41) is 10.1. The maximum absolute atomic E-state index is 11.5. The van der Waals surface area contributed by atoms with Gasteiger partial charge < -0.3 is 9.52 Å². The molecule has 0 saturated heterocycles. The SMILES string of the molecule is CN(Cc1oc2ccccc2c1C(=O)O)CC1CCC1. The molecule has 4 nitrogen and oxygen atoms in total. The summed E-state index contributed by atoms with van der Waals surface area (Å²) in [6.45, 7) is 1.56. The third-order valence-corrected chi connectivity index (χ3v) is 4.09. The van der Waals surface area contributed by atoms with E-state index in [0.717, 1.165) is 12.5 Å². The van der Waals surface area contributed by atoms with Crippen LogP contribution in [0.4, 0.5) is 0 Å². The number of para-hydroxylation sites is 1. The number of carbonyl (C=O) groups is 1. The first-order valence-electron chi connectivity index (χ1n) is 7.07. The van der Waals surface area contributed by atoms with Crippen LogP contribution in [0.1, 0.15) is 35.4 Å². The summed E-state index contributed by atoms with van der Waals surface area (Å²) in [6.07, 6.45) is 3.90. The summed E-state index contributed by atoms with van der Waals surface area (Å²) < 4.78 is 5.74. The van der Waals surface area contributed by atoms with Gasteiger partial charge in [-0.3, -0.25) is 4.90 Å². The van der Waals surface area contributed by atoms with E-state index in [4.69, 9.17) is 4.42 Å². The van der Waals surface area contributed by atoms with Crippen LogP contribution < -0.4 is 0 Å². The molecule has 0 unspecified atom stereocenters. The van der Waals surface area contributed by atoms with Gasteiger partial charge in [0.1, 0.15) is 16.9 Å². The normalized spacial score (nSPS) is 15.7. The molecule has 0 amide bonds. The molecule has 1 fully saturated rings. The summed E-state index contributed by atoms with van der Waals surface area (Å²) >= 11 is 0. The average Bonchev–Trinajstić information content (AvgIpc) is 2.71. The maximum atomic E-state index is 11.5. The highest BCUT2D eigenvalue weighted by Gasteiger charge is 2.23. The van der Waals surface area contributed by atoms with Gasteiger partial charge in [0.05, 0.1) is 6.54 Å². The molecule has 106 valence electrons. The van der Waals surface area contributed by atoms with Crippen LogP contribution in [0.15, 0.2) is 28.7 Å². The number of hydrogen-bond acceptors (Lipinski definition) is 3. The Kier molecular flexibility index (Phi) is 3.49. The lowest BCUT2D eigenvalue weighted by atomic mass is 9.85. The topological polar surface area (TPSA) is 53.7 Å². The van der Waals surface area contributed by atoms with Gasteiger partial charge in [0.15, 0.2) is 0 Å². The Hall–Kier alpha value is -1.81. The maximum Gasteiger partial charge on any atom is 0.339 e. The Morgan fingerprint density at radius 3 is 2.80 bits per heavy atom. The van der Waals surface area contributed by atoms with Crippen LogP contribution in [0.3, 0.4) is 0 Å². The van der Waals surface area contributed by atoms with Crippen LogP contribution in [0.2, 0.25) is 0 Å². The van der Waals surface area contributed by atoms with Gasteiger partial charge >= 0.3 is 5.97 Å². The molecular weight excluding hydrogens is 254 g/mol. The molecular formula is C16H19NO3. The first-order chi connectivity index (χ1) is 9.65. The molecule has 1 saturated carbocycles. The summed E-state index contributed by atoms with van der Waals surface area (Å²) in [4.78, 5) is 13.7. The van der Waals surface area contributed by atoms with Crippen molar-refractivity contribution >= 4 is 16.9 Å². The van der Waals surface area contributed by atoms with E-state index in [1.807, 2.05) is 25.2 Å². The molecule has 1 aromatic heterocycles. The fourth-order valence-corrected chi connectivity index (χ4v) is 2.87. The lowest BCUT2D eigenvalue weighted by Gasteiger charge is -2.29. The number of benzene rings is 1. The highest BCUT2D eigenvalue weighted by atomic mass is 16.4. The van der Waals surface area contributed by atoms with Crippen molar-refractivity contribution in [3.8, 4) is 0 Å². The van der Waals surface area contributed by atoms with Gasteiger partial charge in [-0.25, -0.2) is 4.79 Å². The third-order valence-electron chi connectivity index (χ3n) is 4.09. The van der Waals surface area contributed by atoms with Crippen molar-refractivity contribution < 1.29 is 14.3 Å². The minimum absolute atomic E-state index is 0.307. The second kappa shape index (κ2) is 5.29. The van der Waals surface area contributed by atoms with Gasteiger partial charge in [-0.2, -0.15) is 0 Å². The van der Waals surface area contributed by atoms with E-state index in [9.17, 15) is 9.90 Å². The fraction of sp³-hybridized carbons (Fsp3) is 0.438. The molecule has 0 atom stereocenters. The van der Waals surface area contributed by atoms with Gasteiger partial charge in [-0.05, 0) is 31.9 Å². The smallest absolute Gasteiger partial charge is 0.339 e. The molecule has 0 spiro atoms. The van der Waals surface area contributed by atoms with Crippen LogP contribution in [0.5, 0.6) is 0 Å². The Bertz CT molecular complexity index is 628. The summed E-state index contributed by atoms with van der Waals surface area (Å²) in [5.74, 6) is 0.403. The van der Waals surface area contributed by atoms with E-state index in [2.05, 4.69) is 4.90 Å². The molecule has 4 heteroatoms. The number of carboxylic acids is 1. The van der Waals surface area contributed by atoms with Crippen LogP contribution in [0.25, 0.3) is 11.0 Å². The average molecular weight is 273 g/mol. The first kappa shape index (κ1) is 13.2. The first-order valence-corrected chi connectivity index (χ1v) is 7.07. The molecule has 1 aliphatic rings. The number of aromatic carboxylic acids is 1. The van der Waals surface area contributed by atoms with Crippen LogP contribution in [-0.2, 0) is 6.54 Å². The van der Waals surface area contributed by atoms with E-state index < -0.39 is 5.97 Å². The number of fused-ring (bicyclic) bond motifs is 1. The van der Waals surface area contributed by atoms with Crippen molar-refractivity contribution in [1.82, 2.24) is 4.90 Å². The summed E-state index contributed by atoms with van der Waals surface area (Å²) in [5.41, 5.74) is 0.956. The van der Waals surface area contributed by atoms with Crippen molar-refractivity contribution in [3.05, 3.63) is 35.6 Å². The zero-order chi connectivity index (χ0) is 14.1. The predicted molar refractivity (Wildman–Crippen MR) is 76.8 cm³/mol. The number of furan rings is 1. The highest BCUT2D eigenvalue weighted by Crippen LogP contribution is 2.29. The highest BCUT2D eigenvalue weighted by molar-refractivity contribution is 6.03. The number of hydrogen-bond donors (Lipinski definition) is 1. The molecule has 0 radical (unpaired) electrons. The van der Waals surface area contributed by atoms with E-state index >= 15 is 0 Å². The zero-order valence-corrected chi connectivity index (χ0v) is 11.6. The largest absolute Gasteiger partial charge is 0.478 e. The zero-order valence-electron chi connectivity index (χ0n) is 11.6. The Morgan fingerprint density at radius 2 is 2.15 bits per heavy atom.